The summed E-state index contributed by atoms with van der Waals surface area (Å²) < 4.78 is 9.86. The van der Waals surface area contributed by atoms with E-state index in [1.54, 1.807) is 6.92 Å². The van der Waals surface area contributed by atoms with Gasteiger partial charge in [-0.15, -0.1) is 0 Å². The summed E-state index contributed by atoms with van der Waals surface area (Å²) in [5.41, 5.74) is 0.428. The van der Waals surface area contributed by atoms with Crippen molar-refractivity contribution in [3.63, 3.8) is 0 Å². The highest BCUT2D eigenvalue weighted by Crippen LogP contribution is 2.25. The molecule has 0 aliphatic carbocycles. The van der Waals surface area contributed by atoms with E-state index in [0.717, 1.165) is 24.9 Å². The molecule has 1 fully saturated rings. The van der Waals surface area contributed by atoms with Crippen LogP contribution in [0.25, 0.3) is 0 Å². The Bertz CT molecular complexity index is 656. The Labute approximate surface area is 159 Å². The normalized spacial score (nSPS) is 21.3. The Morgan fingerprint density at radius 1 is 1.26 bits per heavy atom. The minimum absolute atomic E-state index is 0.0206. The first-order valence-electron chi connectivity index (χ1n) is 9.18. The number of ether oxygens (including phenoxy) is 2. The van der Waals surface area contributed by atoms with Gasteiger partial charge in [-0.2, -0.15) is 0 Å². The smallest absolute Gasteiger partial charge is 0.326 e. The van der Waals surface area contributed by atoms with Gasteiger partial charge in [0.15, 0.2) is 5.78 Å². The van der Waals surface area contributed by atoms with E-state index in [4.69, 9.17) is 9.47 Å². The van der Waals surface area contributed by atoms with Crippen LogP contribution >= 0.6 is 0 Å². The number of carbonyl (C=O) groups excluding carboxylic acids is 3. The molecule has 1 aliphatic rings. The van der Waals surface area contributed by atoms with Crippen molar-refractivity contribution < 1.29 is 23.9 Å². The zero-order chi connectivity index (χ0) is 19.9. The highest BCUT2D eigenvalue weighted by atomic mass is 16.6. The molecule has 0 spiro atoms. The zero-order valence-electron chi connectivity index (χ0n) is 16.1. The van der Waals surface area contributed by atoms with Crippen LogP contribution in [0.3, 0.4) is 0 Å². The quantitative estimate of drug-likeness (QED) is 0.621. The number of esters is 2. The van der Waals surface area contributed by atoms with Crippen LogP contribution in [-0.4, -0.2) is 55.6 Å². The second-order valence-electron chi connectivity index (χ2n) is 6.89. The fourth-order valence-corrected chi connectivity index (χ4v) is 3.51. The second kappa shape index (κ2) is 9.62. The van der Waals surface area contributed by atoms with E-state index >= 15 is 0 Å². The van der Waals surface area contributed by atoms with Crippen LogP contribution in [0.2, 0.25) is 0 Å². The van der Waals surface area contributed by atoms with Crippen LogP contribution in [0.4, 0.5) is 0 Å². The predicted octanol–water partition coefficient (Wildman–Crippen LogP) is 1.00. The van der Waals surface area contributed by atoms with Crippen LogP contribution < -0.4 is 10.6 Å². The summed E-state index contributed by atoms with van der Waals surface area (Å²) in [5.74, 6) is -1.09. The summed E-state index contributed by atoms with van der Waals surface area (Å²) in [7, 11) is 1.26. The van der Waals surface area contributed by atoms with Gasteiger partial charge in [0.2, 0.25) is 0 Å². The molecule has 2 unspecified atom stereocenters. The lowest BCUT2D eigenvalue weighted by Gasteiger charge is -2.30. The molecule has 0 radical (unpaired) electrons. The summed E-state index contributed by atoms with van der Waals surface area (Å²) in [6.07, 6.45) is 1.51. The fourth-order valence-electron chi connectivity index (χ4n) is 3.51. The van der Waals surface area contributed by atoms with E-state index in [2.05, 4.69) is 10.6 Å². The molecule has 1 saturated heterocycles. The topological polar surface area (TPSA) is 93.7 Å². The van der Waals surface area contributed by atoms with Gasteiger partial charge in [0.25, 0.3) is 0 Å². The summed E-state index contributed by atoms with van der Waals surface area (Å²) in [4.78, 5) is 36.3. The number of methoxy groups -OCH3 is 1. The second-order valence-corrected chi connectivity index (χ2v) is 6.89. The van der Waals surface area contributed by atoms with Gasteiger partial charge in [-0.25, -0.2) is 0 Å². The molecule has 3 atom stereocenters. The van der Waals surface area contributed by atoms with Gasteiger partial charge >= 0.3 is 11.9 Å². The number of ketones is 1. The van der Waals surface area contributed by atoms with E-state index in [0.29, 0.717) is 6.42 Å². The first-order valence-corrected chi connectivity index (χ1v) is 9.18. The monoisotopic (exact) mass is 376 g/mol. The first-order chi connectivity index (χ1) is 12.9. The molecule has 2 rings (SSSR count). The maximum absolute atomic E-state index is 13.0. The Balaban J connectivity index is 2.07. The minimum atomic E-state index is -0.905. The number of hydrogen-bond acceptors (Lipinski definition) is 7. The number of Topliss-reactive ketones (excluding diaryl/α,β-unsaturated/α-hetero) is 1. The number of nitrogens with one attached hydrogen (secondary N) is 2. The van der Waals surface area contributed by atoms with E-state index in [1.807, 2.05) is 30.3 Å². The van der Waals surface area contributed by atoms with Crippen molar-refractivity contribution >= 4 is 17.7 Å². The fraction of sp³-hybridized carbons (Fsp3) is 0.550. The molecular formula is C20H28N2O5. The maximum atomic E-state index is 13.0. The zero-order valence-corrected chi connectivity index (χ0v) is 16.1. The molecule has 0 saturated carbocycles. The summed E-state index contributed by atoms with van der Waals surface area (Å²) >= 11 is 0. The lowest BCUT2D eigenvalue weighted by molar-refractivity contribution is -0.154. The van der Waals surface area contributed by atoms with Crippen molar-refractivity contribution in [3.8, 4) is 0 Å². The average Bonchev–Trinajstić information content (AvgIpc) is 3.11. The summed E-state index contributed by atoms with van der Waals surface area (Å²) in [5, 5.41) is 6.28. The van der Waals surface area contributed by atoms with E-state index in [9.17, 15) is 14.4 Å². The van der Waals surface area contributed by atoms with Crippen molar-refractivity contribution in [2.24, 2.45) is 0 Å². The predicted molar refractivity (Wildman–Crippen MR) is 100 cm³/mol. The highest BCUT2D eigenvalue weighted by molar-refractivity contribution is 5.91. The van der Waals surface area contributed by atoms with Crippen molar-refractivity contribution in [2.45, 2.75) is 50.8 Å². The van der Waals surface area contributed by atoms with Crippen LogP contribution in [0, 0.1) is 0 Å². The van der Waals surface area contributed by atoms with Gasteiger partial charge in [-0.3, -0.25) is 19.7 Å². The largest absolute Gasteiger partial charge is 0.468 e. The van der Waals surface area contributed by atoms with Crippen LogP contribution in [0.1, 0.15) is 32.3 Å². The lowest BCUT2D eigenvalue weighted by Crippen LogP contribution is -2.56. The number of rotatable bonds is 9. The third kappa shape index (κ3) is 5.61. The van der Waals surface area contributed by atoms with Gasteiger partial charge in [-0.05, 0) is 38.3 Å². The molecule has 1 aromatic carbocycles. The molecule has 7 heteroatoms. The number of hydrogen-bond donors (Lipinski definition) is 2. The van der Waals surface area contributed by atoms with Crippen molar-refractivity contribution in [3.05, 3.63) is 35.9 Å². The molecule has 1 heterocycles. The SMILES string of the molecule is COC(=O)[C@@H](NCC(=O)C1(Cc2ccccc2)CCCN1)C(C)OC(C)=O. The van der Waals surface area contributed by atoms with E-state index in [1.165, 1.54) is 14.0 Å². The van der Waals surface area contributed by atoms with Gasteiger partial charge in [-0.1, -0.05) is 30.3 Å². The van der Waals surface area contributed by atoms with Crippen molar-refractivity contribution in [2.75, 3.05) is 20.2 Å². The maximum Gasteiger partial charge on any atom is 0.326 e. The van der Waals surface area contributed by atoms with Crippen LogP contribution in [-0.2, 0) is 30.3 Å². The Morgan fingerprint density at radius 2 is 1.96 bits per heavy atom. The number of benzene rings is 1. The van der Waals surface area contributed by atoms with E-state index in [-0.39, 0.29) is 12.3 Å². The molecule has 1 aliphatic heterocycles. The molecule has 148 valence electrons. The van der Waals surface area contributed by atoms with Crippen molar-refractivity contribution in [1.82, 2.24) is 10.6 Å². The van der Waals surface area contributed by atoms with Gasteiger partial charge in [0, 0.05) is 6.92 Å². The summed E-state index contributed by atoms with van der Waals surface area (Å²) in [6.45, 7) is 3.62. The highest BCUT2D eigenvalue weighted by Gasteiger charge is 2.41. The van der Waals surface area contributed by atoms with Crippen molar-refractivity contribution in [1.29, 1.82) is 0 Å². The molecular weight excluding hydrogens is 348 g/mol. The molecule has 0 aromatic heterocycles. The minimum Gasteiger partial charge on any atom is -0.468 e. The third-order valence-corrected chi connectivity index (χ3v) is 4.89. The van der Waals surface area contributed by atoms with Gasteiger partial charge in [0.1, 0.15) is 12.1 Å². The molecule has 0 amide bonds. The van der Waals surface area contributed by atoms with E-state index < -0.39 is 29.6 Å². The van der Waals surface area contributed by atoms with Gasteiger partial charge < -0.3 is 14.8 Å². The molecule has 0 bridgehead atoms. The summed E-state index contributed by atoms with van der Waals surface area (Å²) in [6, 6.07) is 8.95. The lowest BCUT2D eigenvalue weighted by atomic mass is 9.85. The Hall–Kier alpha value is -2.25. The standard InChI is InChI=1S/C20H28N2O5/c1-14(27-15(2)23)18(19(25)26-3)21-13-17(24)20(10-7-11-22-20)12-16-8-5-4-6-9-16/h4-6,8-9,14,18,21-22H,7,10-13H2,1-3H3/t14?,18-,20?/m0/s1. The molecule has 7 nitrogen and oxygen atoms in total. The van der Waals surface area contributed by atoms with Gasteiger partial charge in [0.05, 0.1) is 19.2 Å². The Kier molecular flexibility index (Phi) is 7.50. The molecule has 27 heavy (non-hydrogen) atoms. The Morgan fingerprint density at radius 3 is 2.52 bits per heavy atom. The van der Waals surface area contributed by atoms with Crippen LogP contribution in [0.15, 0.2) is 30.3 Å². The number of carbonyl (C=O) groups is 3. The first kappa shape index (κ1) is 21.1. The molecule has 1 aromatic rings. The third-order valence-electron chi connectivity index (χ3n) is 4.89. The molecule has 2 N–H and O–H groups in total. The van der Waals surface area contributed by atoms with Crippen LogP contribution in [0.5, 0.6) is 0 Å². The average molecular weight is 376 g/mol.